The maximum Gasteiger partial charge on any atom is 0.355 e. The van der Waals surface area contributed by atoms with Gasteiger partial charge in [-0.3, -0.25) is 19.3 Å². The Morgan fingerprint density at radius 2 is 1.34 bits per heavy atom. The fourth-order valence-electron chi connectivity index (χ4n) is 6.69. The molecule has 326 valence electrons. The maximum atomic E-state index is 14.5. The number of esters is 3. The van der Waals surface area contributed by atoms with E-state index in [0.717, 1.165) is 16.7 Å². The summed E-state index contributed by atoms with van der Waals surface area (Å²) in [6.07, 6.45) is 0. The molecule has 2 aliphatic heterocycles. The molecule has 2 aliphatic rings. The molecule has 0 bridgehead atoms. The zero-order chi connectivity index (χ0) is 45.0. The Kier molecular flexibility index (Phi) is 13.3. The van der Waals surface area contributed by atoms with E-state index in [2.05, 4.69) is 15.8 Å². The van der Waals surface area contributed by atoms with Crippen molar-refractivity contribution in [3.05, 3.63) is 130 Å². The van der Waals surface area contributed by atoms with E-state index in [1.807, 2.05) is 91.0 Å². The largest absolute Gasteiger partial charge is 0.461 e. The Morgan fingerprint density at radius 3 is 1.84 bits per heavy atom. The van der Waals surface area contributed by atoms with Gasteiger partial charge in [0, 0.05) is 23.6 Å². The normalized spacial score (nSPS) is 17.0. The van der Waals surface area contributed by atoms with E-state index in [9.17, 15) is 24.0 Å². The molecule has 6 rings (SSSR count). The number of nitrogens with zero attached hydrogens (tertiary/aromatic N) is 3. The molecule has 0 aliphatic carbocycles. The number of thiazole rings is 1. The van der Waals surface area contributed by atoms with Crippen LogP contribution in [0.1, 0.15) is 84.7 Å². The van der Waals surface area contributed by atoms with Crippen molar-refractivity contribution in [1.82, 2.24) is 15.2 Å². The zero-order valence-electron chi connectivity index (χ0n) is 36.1. The van der Waals surface area contributed by atoms with Crippen LogP contribution < -0.4 is 10.6 Å². The van der Waals surface area contributed by atoms with Crippen LogP contribution >= 0.6 is 23.1 Å². The van der Waals surface area contributed by atoms with E-state index in [1.165, 1.54) is 48.8 Å². The molecule has 16 heteroatoms. The maximum absolute atomic E-state index is 14.5. The van der Waals surface area contributed by atoms with Gasteiger partial charge in [0.05, 0.1) is 0 Å². The van der Waals surface area contributed by atoms with Gasteiger partial charge >= 0.3 is 17.9 Å². The second-order valence-electron chi connectivity index (χ2n) is 17.1. The first-order chi connectivity index (χ1) is 29.2. The monoisotopic (exact) mass is 881 g/mol. The van der Waals surface area contributed by atoms with E-state index in [4.69, 9.17) is 24.0 Å². The summed E-state index contributed by atoms with van der Waals surface area (Å²) in [5.74, 6) is -3.24. The number of aromatic nitrogens is 1. The van der Waals surface area contributed by atoms with Crippen LogP contribution in [0, 0.1) is 0 Å². The first-order valence-corrected chi connectivity index (χ1v) is 21.9. The van der Waals surface area contributed by atoms with Crippen molar-refractivity contribution in [1.29, 1.82) is 0 Å². The average molecular weight is 882 g/mol. The lowest BCUT2D eigenvalue weighted by molar-refractivity contribution is -0.179. The number of nitrogens with one attached hydrogen (secondary N) is 2. The molecule has 62 heavy (non-hydrogen) atoms. The van der Waals surface area contributed by atoms with Crippen LogP contribution in [0.25, 0.3) is 0 Å². The molecule has 4 aromatic rings. The van der Waals surface area contributed by atoms with Crippen molar-refractivity contribution in [3.8, 4) is 0 Å². The van der Waals surface area contributed by atoms with Gasteiger partial charge in [-0.15, -0.1) is 23.1 Å². The number of anilines is 1. The number of carbonyl (C=O) groups excluding carboxylic acids is 5. The van der Waals surface area contributed by atoms with Crippen LogP contribution in [0.15, 0.2) is 113 Å². The number of rotatable bonds is 14. The lowest BCUT2D eigenvalue weighted by Gasteiger charge is -2.49. The topological polar surface area (TPSA) is 175 Å². The van der Waals surface area contributed by atoms with Gasteiger partial charge < -0.3 is 29.7 Å². The summed E-state index contributed by atoms with van der Waals surface area (Å²) in [5.41, 5.74) is -1.39. The van der Waals surface area contributed by atoms with Crippen LogP contribution in [0.5, 0.6) is 0 Å². The number of fused-ring (bicyclic) bond motifs is 1. The highest BCUT2D eigenvalue weighted by Gasteiger charge is 2.55. The Labute approximate surface area is 369 Å². The molecule has 2 atom stereocenters. The summed E-state index contributed by atoms with van der Waals surface area (Å²) < 4.78 is 16.4. The summed E-state index contributed by atoms with van der Waals surface area (Å²) in [6.45, 7) is 14.2. The van der Waals surface area contributed by atoms with Crippen molar-refractivity contribution in [2.75, 3.05) is 17.7 Å². The third-order valence-corrected chi connectivity index (χ3v) is 11.6. The van der Waals surface area contributed by atoms with Crippen LogP contribution in [0.4, 0.5) is 5.13 Å². The summed E-state index contributed by atoms with van der Waals surface area (Å²) >= 11 is 2.50. The highest BCUT2D eigenvalue weighted by Crippen LogP contribution is 2.42. The summed E-state index contributed by atoms with van der Waals surface area (Å²) in [5, 5.41) is 12.0. The Morgan fingerprint density at radius 1 is 0.806 bits per heavy atom. The summed E-state index contributed by atoms with van der Waals surface area (Å²) in [7, 11) is 0. The number of ether oxygens (including phenoxy) is 3. The van der Waals surface area contributed by atoms with E-state index in [-0.39, 0.29) is 29.5 Å². The minimum atomic E-state index is -1.65. The smallest absolute Gasteiger partial charge is 0.355 e. The van der Waals surface area contributed by atoms with Gasteiger partial charge in [0.1, 0.15) is 46.2 Å². The molecule has 2 amide bonds. The number of thioether (sulfide) groups is 1. The Bertz CT molecular complexity index is 2270. The van der Waals surface area contributed by atoms with Gasteiger partial charge in [-0.25, -0.2) is 14.6 Å². The Hall–Kier alpha value is -6.00. The molecular weight excluding hydrogens is 831 g/mol. The van der Waals surface area contributed by atoms with Crippen LogP contribution in [-0.2, 0) is 48.6 Å². The standard InChI is InChI=1S/C46H51N5O9S2/c1-28(52)57-25-29-26-61-39-35(38(54)51(39)36(29)40(55)58-43(2,3)4)48-37(53)34(50-60-45(8,9)41(56)59-44(5,6)7)33-27-62-42(47-33)49-46(30-19-13-10-14-20-30,31-21-15-11-16-22-31)32-23-17-12-18-24-32/h10-24,27,35,39H,25-26H2,1-9H3,(H,47,49)(H,48,53)/b50-34+/t35-,39-/m1/s1. The van der Waals surface area contributed by atoms with Crippen LogP contribution in [0.2, 0.25) is 0 Å². The van der Waals surface area contributed by atoms with Crippen molar-refractivity contribution >= 4 is 63.7 Å². The minimum absolute atomic E-state index is 0.0364. The molecule has 0 spiro atoms. The molecular formula is C46H51N5O9S2. The lowest BCUT2D eigenvalue weighted by Crippen LogP contribution is -2.71. The second-order valence-corrected chi connectivity index (χ2v) is 19.1. The highest BCUT2D eigenvalue weighted by atomic mass is 32.2. The molecule has 1 aromatic heterocycles. The second kappa shape index (κ2) is 18.2. The lowest BCUT2D eigenvalue weighted by atomic mass is 9.77. The predicted octanol–water partition coefficient (Wildman–Crippen LogP) is 6.95. The van der Waals surface area contributed by atoms with Gasteiger partial charge in [0.15, 0.2) is 10.8 Å². The number of hydrogen-bond acceptors (Lipinski definition) is 14. The van der Waals surface area contributed by atoms with E-state index >= 15 is 0 Å². The van der Waals surface area contributed by atoms with Gasteiger partial charge in [0.25, 0.3) is 11.8 Å². The first-order valence-electron chi connectivity index (χ1n) is 19.9. The van der Waals surface area contributed by atoms with Crippen molar-refractivity contribution in [2.45, 2.75) is 96.1 Å². The number of carbonyl (C=O) groups is 5. The molecule has 14 nitrogen and oxygen atoms in total. The fraction of sp³-hybridized carbons (Fsp3) is 0.370. The van der Waals surface area contributed by atoms with Crippen molar-refractivity contribution in [3.63, 3.8) is 0 Å². The van der Waals surface area contributed by atoms with E-state index in [0.29, 0.717) is 10.7 Å². The van der Waals surface area contributed by atoms with E-state index < -0.39 is 63.5 Å². The fourth-order valence-corrected chi connectivity index (χ4v) is 8.77. The van der Waals surface area contributed by atoms with Crippen molar-refractivity contribution < 1.29 is 43.0 Å². The number of benzene rings is 3. The molecule has 0 radical (unpaired) electrons. The SMILES string of the molecule is CC(=O)OCC1=C(C(=O)OC(C)(C)C)N2C(=O)[C@@H](NC(=O)/C(=N/OC(C)(C)C(=O)OC(C)(C)C)c3csc(NC(c4ccccc4)(c4ccccc4)c4ccccc4)n3)[C@H]2SC1. The third-order valence-electron chi connectivity index (χ3n) is 9.51. The van der Waals surface area contributed by atoms with Crippen molar-refractivity contribution in [2.24, 2.45) is 5.16 Å². The number of hydrogen-bond donors (Lipinski definition) is 2. The summed E-state index contributed by atoms with van der Waals surface area (Å²) in [6, 6.07) is 28.7. The number of amides is 2. The molecule has 1 saturated heterocycles. The molecule has 3 aromatic carbocycles. The van der Waals surface area contributed by atoms with Gasteiger partial charge in [-0.2, -0.15) is 0 Å². The van der Waals surface area contributed by atoms with Gasteiger partial charge in [-0.1, -0.05) is 96.2 Å². The first kappa shape index (κ1) is 45.5. The third kappa shape index (κ3) is 10.2. The molecule has 1 fully saturated rings. The zero-order valence-corrected chi connectivity index (χ0v) is 37.8. The average Bonchev–Trinajstić information content (AvgIpc) is 3.68. The quantitative estimate of drug-likeness (QED) is 0.0334. The predicted molar refractivity (Wildman–Crippen MR) is 237 cm³/mol. The molecule has 3 heterocycles. The summed E-state index contributed by atoms with van der Waals surface area (Å²) in [4.78, 5) is 78.8. The Balaban J connectivity index is 1.36. The molecule has 0 saturated carbocycles. The van der Waals surface area contributed by atoms with Gasteiger partial charge in [0.2, 0.25) is 5.60 Å². The van der Waals surface area contributed by atoms with E-state index in [1.54, 1.807) is 46.9 Å². The minimum Gasteiger partial charge on any atom is -0.461 e. The van der Waals surface area contributed by atoms with Crippen LogP contribution in [0.3, 0.4) is 0 Å². The van der Waals surface area contributed by atoms with Gasteiger partial charge in [-0.05, 0) is 72.1 Å². The highest BCUT2D eigenvalue weighted by molar-refractivity contribution is 8.00. The van der Waals surface area contributed by atoms with Crippen LogP contribution in [-0.4, -0.2) is 85.9 Å². The number of β-lactam (4-membered cyclic amide) rings is 1. The molecule has 2 N–H and O–H groups in total. The molecule has 0 unspecified atom stereocenters. The number of oxime groups is 1.